The summed E-state index contributed by atoms with van der Waals surface area (Å²) in [4.78, 5) is 10.8. The Bertz CT molecular complexity index is 447. The van der Waals surface area contributed by atoms with Gasteiger partial charge in [0, 0.05) is 6.04 Å². The molecule has 0 amide bonds. The molecule has 0 radical (unpaired) electrons. The molecule has 1 unspecified atom stereocenters. The molecule has 0 aromatic heterocycles. The van der Waals surface area contributed by atoms with Crippen molar-refractivity contribution < 1.29 is 9.66 Å². The van der Waals surface area contributed by atoms with Crippen LogP contribution in [0.5, 0.6) is 5.75 Å². The van der Waals surface area contributed by atoms with Crippen molar-refractivity contribution in [1.82, 2.24) is 0 Å². The third-order valence-corrected chi connectivity index (χ3v) is 3.06. The van der Waals surface area contributed by atoms with Gasteiger partial charge >= 0.3 is 0 Å². The van der Waals surface area contributed by atoms with Crippen molar-refractivity contribution >= 4 is 11.4 Å². The van der Waals surface area contributed by atoms with Gasteiger partial charge in [-0.15, -0.1) is 0 Å². The first-order valence-electron chi connectivity index (χ1n) is 7.11. The van der Waals surface area contributed by atoms with Gasteiger partial charge in [-0.1, -0.05) is 13.8 Å². The lowest BCUT2D eigenvalue weighted by molar-refractivity contribution is -0.384. The summed E-state index contributed by atoms with van der Waals surface area (Å²) in [5.41, 5.74) is 0.613. The summed E-state index contributed by atoms with van der Waals surface area (Å²) in [5.74, 6) is 1.16. The number of hydrogen-bond acceptors (Lipinski definition) is 4. The molecular formula is C15H24N2O3. The molecule has 0 saturated heterocycles. The molecule has 112 valence electrons. The van der Waals surface area contributed by atoms with Gasteiger partial charge in [-0.3, -0.25) is 10.1 Å². The van der Waals surface area contributed by atoms with Gasteiger partial charge in [0.15, 0.2) is 0 Å². The SMILES string of the molecule is CCOc1ccc(NC(C)CCC(C)C)c([N+](=O)[O-])c1. The fraction of sp³-hybridized carbons (Fsp3) is 0.600. The molecule has 1 aromatic rings. The summed E-state index contributed by atoms with van der Waals surface area (Å²) in [6.45, 7) is 8.74. The highest BCUT2D eigenvalue weighted by atomic mass is 16.6. The van der Waals surface area contributed by atoms with Gasteiger partial charge in [-0.2, -0.15) is 0 Å². The second-order valence-corrected chi connectivity index (χ2v) is 5.39. The minimum atomic E-state index is -0.375. The Kier molecular flexibility index (Phi) is 6.28. The van der Waals surface area contributed by atoms with E-state index in [1.165, 1.54) is 6.07 Å². The smallest absolute Gasteiger partial charge is 0.296 e. The fourth-order valence-electron chi connectivity index (χ4n) is 1.96. The molecule has 5 nitrogen and oxygen atoms in total. The average molecular weight is 280 g/mol. The number of benzene rings is 1. The summed E-state index contributed by atoms with van der Waals surface area (Å²) in [6, 6.07) is 5.15. The van der Waals surface area contributed by atoms with Gasteiger partial charge in [-0.05, 0) is 44.7 Å². The Labute approximate surface area is 120 Å². The molecule has 0 aliphatic carbocycles. The van der Waals surface area contributed by atoms with Crippen LogP contribution in [0, 0.1) is 16.0 Å². The second-order valence-electron chi connectivity index (χ2n) is 5.39. The van der Waals surface area contributed by atoms with Crippen molar-refractivity contribution in [1.29, 1.82) is 0 Å². The van der Waals surface area contributed by atoms with Gasteiger partial charge in [-0.25, -0.2) is 0 Å². The zero-order valence-electron chi connectivity index (χ0n) is 12.7. The van der Waals surface area contributed by atoms with Crippen molar-refractivity contribution in [2.24, 2.45) is 5.92 Å². The van der Waals surface area contributed by atoms with Crippen LogP contribution in [0.15, 0.2) is 18.2 Å². The Morgan fingerprint density at radius 3 is 2.55 bits per heavy atom. The van der Waals surface area contributed by atoms with E-state index >= 15 is 0 Å². The highest BCUT2D eigenvalue weighted by Crippen LogP contribution is 2.30. The molecule has 0 spiro atoms. The zero-order valence-corrected chi connectivity index (χ0v) is 12.7. The number of nitro groups is 1. The first kappa shape index (κ1) is 16.3. The molecule has 1 aromatic carbocycles. The summed E-state index contributed by atoms with van der Waals surface area (Å²) in [5, 5.41) is 14.4. The number of nitrogens with one attached hydrogen (secondary N) is 1. The molecule has 0 aliphatic heterocycles. The van der Waals surface area contributed by atoms with Crippen molar-refractivity contribution in [3.63, 3.8) is 0 Å². The maximum Gasteiger partial charge on any atom is 0.296 e. The Balaban J connectivity index is 2.80. The summed E-state index contributed by atoms with van der Waals surface area (Å²) in [7, 11) is 0. The molecule has 0 saturated carbocycles. The lowest BCUT2D eigenvalue weighted by Gasteiger charge is -2.16. The maximum atomic E-state index is 11.1. The van der Waals surface area contributed by atoms with Gasteiger partial charge in [0.2, 0.25) is 0 Å². The molecule has 0 bridgehead atoms. The van der Waals surface area contributed by atoms with Crippen LogP contribution in [-0.2, 0) is 0 Å². The predicted octanol–water partition coefficient (Wildman–Crippen LogP) is 4.23. The lowest BCUT2D eigenvalue weighted by Crippen LogP contribution is -2.16. The lowest BCUT2D eigenvalue weighted by atomic mass is 10.0. The van der Waals surface area contributed by atoms with Gasteiger partial charge < -0.3 is 10.1 Å². The zero-order chi connectivity index (χ0) is 15.1. The van der Waals surface area contributed by atoms with E-state index in [0.29, 0.717) is 24.0 Å². The largest absolute Gasteiger partial charge is 0.494 e. The molecule has 0 heterocycles. The minimum Gasteiger partial charge on any atom is -0.494 e. The summed E-state index contributed by atoms with van der Waals surface area (Å²) in [6.07, 6.45) is 2.08. The predicted molar refractivity (Wildman–Crippen MR) is 81.4 cm³/mol. The number of anilines is 1. The fourth-order valence-corrected chi connectivity index (χ4v) is 1.96. The van der Waals surface area contributed by atoms with E-state index in [2.05, 4.69) is 19.2 Å². The van der Waals surface area contributed by atoms with Crippen LogP contribution in [0.3, 0.4) is 0 Å². The van der Waals surface area contributed by atoms with Crippen LogP contribution in [0.1, 0.15) is 40.5 Å². The topological polar surface area (TPSA) is 64.4 Å². The highest BCUT2D eigenvalue weighted by molar-refractivity contribution is 5.64. The van der Waals surface area contributed by atoms with E-state index in [4.69, 9.17) is 4.74 Å². The first-order valence-corrected chi connectivity index (χ1v) is 7.11. The molecule has 0 fully saturated rings. The molecule has 0 aliphatic rings. The normalized spacial score (nSPS) is 12.2. The highest BCUT2D eigenvalue weighted by Gasteiger charge is 2.16. The van der Waals surface area contributed by atoms with E-state index in [1.807, 2.05) is 13.8 Å². The molecule has 1 rings (SSSR count). The minimum absolute atomic E-state index is 0.0624. The number of nitrogens with zero attached hydrogens (tertiary/aromatic N) is 1. The maximum absolute atomic E-state index is 11.1. The van der Waals surface area contributed by atoms with E-state index in [0.717, 1.165) is 12.8 Å². The third kappa shape index (κ3) is 5.07. The van der Waals surface area contributed by atoms with E-state index in [9.17, 15) is 10.1 Å². The third-order valence-electron chi connectivity index (χ3n) is 3.06. The van der Waals surface area contributed by atoms with E-state index in [-0.39, 0.29) is 16.7 Å². The van der Waals surface area contributed by atoms with E-state index < -0.39 is 0 Å². The Morgan fingerprint density at radius 2 is 2.00 bits per heavy atom. The molecule has 1 N–H and O–H groups in total. The van der Waals surface area contributed by atoms with Crippen LogP contribution < -0.4 is 10.1 Å². The van der Waals surface area contributed by atoms with E-state index in [1.54, 1.807) is 12.1 Å². The summed E-state index contributed by atoms with van der Waals surface area (Å²) < 4.78 is 5.30. The van der Waals surface area contributed by atoms with Crippen LogP contribution in [-0.4, -0.2) is 17.6 Å². The van der Waals surface area contributed by atoms with Crippen LogP contribution in [0.4, 0.5) is 11.4 Å². The van der Waals surface area contributed by atoms with Gasteiger partial charge in [0.25, 0.3) is 5.69 Å². The average Bonchev–Trinajstić information content (AvgIpc) is 2.38. The first-order chi connectivity index (χ1) is 9.43. The molecule has 1 atom stereocenters. The van der Waals surface area contributed by atoms with Gasteiger partial charge in [0.05, 0.1) is 17.6 Å². The van der Waals surface area contributed by atoms with Crippen molar-refractivity contribution in [3.8, 4) is 5.75 Å². The Morgan fingerprint density at radius 1 is 1.30 bits per heavy atom. The Hall–Kier alpha value is -1.78. The number of hydrogen-bond donors (Lipinski definition) is 1. The second kappa shape index (κ2) is 7.72. The molecule has 20 heavy (non-hydrogen) atoms. The summed E-state index contributed by atoms with van der Waals surface area (Å²) >= 11 is 0. The molecule has 5 heteroatoms. The van der Waals surface area contributed by atoms with Gasteiger partial charge in [0.1, 0.15) is 11.4 Å². The standard InChI is InChI=1S/C15H24N2O3/c1-5-20-13-8-9-14(15(10-13)17(18)19)16-12(4)7-6-11(2)3/h8-12,16H,5-7H2,1-4H3. The number of rotatable bonds is 8. The quantitative estimate of drug-likeness (QED) is 0.571. The van der Waals surface area contributed by atoms with Crippen molar-refractivity contribution in [2.45, 2.75) is 46.6 Å². The van der Waals surface area contributed by atoms with Crippen LogP contribution in [0.25, 0.3) is 0 Å². The molecular weight excluding hydrogens is 256 g/mol. The number of ether oxygens (including phenoxy) is 1. The van der Waals surface area contributed by atoms with Crippen molar-refractivity contribution in [2.75, 3.05) is 11.9 Å². The van der Waals surface area contributed by atoms with Crippen LogP contribution in [0.2, 0.25) is 0 Å². The van der Waals surface area contributed by atoms with Crippen molar-refractivity contribution in [3.05, 3.63) is 28.3 Å². The van der Waals surface area contributed by atoms with Crippen LogP contribution >= 0.6 is 0 Å². The monoisotopic (exact) mass is 280 g/mol. The number of nitro benzene ring substituents is 1.